The number of nitrogens with zero attached hydrogens (tertiary/aromatic N) is 2. The van der Waals surface area contributed by atoms with Crippen LogP contribution in [0.5, 0.6) is 0 Å². The van der Waals surface area contributed by atoms with E-state index >= 15 is 0 Å². The largest absolute Gasteiger partial charge is 0.341 e. The molecule has 1 aliphatic heterocycles. The predicted molar refractivity (Wildman–Crippen MR) is 70.7 cm³/mol. The second-order valence-electron chi connectivity index (χ2n) is 4.79. The number of amides is 1. The molecule has 1 heterocycles. The Bertz CT molecular complexity index is 237. The first-order valence-electron chi connectivity index (χ1n) is 6.90. The van der Waals surface area contributed by atoms with Gasteiger partial charge in [0.2, 0.25) is 5.91 Å². The zero-order chi connectivity index (χ0) is 12.8. The van der Waals surface area contributed by atoms with Crippen molar-refractivity contribution in [2.75, 3.05) is 32.7 Å². The standard InChI is InChI=1S/C13H27N3O/c1-4-11(9-14)13(17)16-8-7-12(10-16)15(5-2)6-3/h11-12H,4-10,14H2,1-3H3. The van der Waals surface area contributed by atoms with Gasteiger partial charge in [0.15, 0.2) is 0 Å². The highest BCUT2D eigenvalue weighted by atomic mass is 16.2. The van der Waals surface area contributed by atoms with Gasteiger partial charge in [0.25, 0.3) is 0 Å². The van der Waals surface area contributed by atoms with Crippen LogP contribution in [0, 0.1) is 5.92 Å². The third-order valence-corrected chi connectivity index (χ3v) is 3.93. The second kappa shape index (κ2) is 6.97. The van der Waals surface area contributed by atoms with E-state index in [1.54, 1.807) is 0 Å². The third-order valence-electron chi connectivity index (χ3n) is 3.93. The Morgan fingerprint density at radius 2 is 2.06 bits per heavy atom. The first-order chi connectivity index (χ1) is 8.17. The number of rotatable bonds is 6. The van der Waals surface area contributed by atoms with Crippen molar-refractivity contribution in [3.63, 3.8) is 0 Å². The Morgan fingerprint density at radius 3 is 2.53 bits per heavy atom. The molecule has 0 aromatic heterocycles. The Hall–Kier alpha value is -0.610. The number of hydrogen-bond acceptors (Lipinski definition) is 3. The van der Waals surface area contributed by atoms with Crippen LogP contribution in [0.2, 0.25) is 0 Å². The van der Waals surface area contributed by atoms with Crippen LogP contribution in [0.15, 0.2) is 0 Å². The van der Waals surface area contributed by atoms with E-state index in [9.17, 15) is 4.79 Å². The first-order valence-corrected chi connectivity index (χ1v) is 6.90. The number of hydrogen-bond donors (Lipinski definition) is 1. The summed E-state index contributed by atoms with van der Waals surface area (Å²) in [6, 6.07) is 0.546. The van der Waals surface area contributed by atoms with E-state index in [1.807, 2.05) is 11.8 Å². The summed E-state index contributed by atoms with van der Waals surface area (Å²) < 4.78 is 0. The van der Waals surface area contributed by atoms with Crippen molar-refractivity contribution >= 4 is 5.91 Å². The molecule has 2 unspecified atom stereocenters. The quantitative estimate of drug-likeness (QED) is 0.752. The van der Waals surface area contributed by atoms with Crippen LogP contribution in [-0.2, 0) is 4.79 Å². The third kappa shape index (κ3) is 3.42. The molecule has 1 saturated heterocycles. The lowest BCUT2D eigenvalue weighted by molar-refractivity contribution is -0.134. The van der Waals surface area contributed by atoms with Crippen molar-refractivity contribution in [2.45, 2.75) is 39.7 Å². The van der Waals surface area contributed by atoms with E-state index in [0.29, 0.717) is 12.6 Å². The smallest absolute Gasteiger partial charge is 0.226 e. The van der Waals surface area contributed by atoms with Gasteiger partial charge in [0.05, 0.1) is 5.92 Å². The Labute approximate surface area is 105 Å². The summed E-state index contributed by atoms with van der Waals surface area (Å²) in [6.07, 6.45) is 1.95. The van der Waals surface area contributed by atoms with E-state index < -0.39 is 0 Å². The fraction of sp³-hybridized carbons (Fsp3) is 0.923. The molecule has 4 nitrogen and oxygen atoms in total. The number of carbonyl (C=O) groups is 1. The summed E-state index contributed by atoms with van der Waals surface area (Å²) >= 11 is 0. The van der Waals surface area contributed by atoms with Crippen molar-refractivity contribution in [3.8, 4) is 0 Å². The maximum atomic E-state index is 12.2. The molecule has 17 heavy (non-hydrogen) atoms. The van der Waals surface area contributed by atoms with Gasteiger partial charge >= 0.3 is 0 Å². The van der Waals surface area contributed by atoms with Crippen molar-refractivity contribution in [3.05, 3.63) is 0 Å². The van der Waals surface area contributed by atoms with Gasteiger partial charge in [-0.15, -0.1) is 0 Å². The normalized spacial score (nSPS) is 22.2. The number of likely N-dealkylation sites (tertiary alicyclic amines) is 1. The monoisotopic (exact) mass is 241 g/mol. The average Bonchev–Trinajstić information content (AvgIpc) is 2.81. The van der Waals surface area contributed by atoms with Crippen molar-refractivity contribution < 1.29 is 4.79 Å². The minimum absolute atomic E-state index is 0.0189. The van der Waals surface area contributed by atoms with E-state index in [4.69, 9.17) is 5.73 Å². The molecule has 2 atom stereocenters. The van der Waals surface area contributed by atoms with E-state index in [2.05, 4.69) is 18.7 Å². The summed E-state index contributed by atoms with van der Waals surface area (Å²) in [5, 5.41) is 0. The highest BCUT2D eigenvalue weighted by Gasteiger charge is 2.31. The predicted octanol–water partition coefficient (Wildman–Crippen LogP) is 0.914. The van der Waals surface area contributed by atoms with E-state index in [-0.39, 0.29) is 11.8 Å². The zero-order valence-electron chi connectivity index (χ0n) is 11.5. The highest BCUT2D eigenvalue weighted by Crippen LogP contribution is 2.18. The number of nitrogens with two attached hydrogens (primary N) is 1. The summed E-state index contributed by atoms with van der Waals surface area (Å²) in [6.45, 7) is 10.8. The summed E-state index contributed by atoms with van der Waals surface area (Å²) in [7, 11) is 0. The first kappa shape index (κ1) is 14.5. The molecular weight excluding hydrogens is 214 g/mol. The average molecular weight is 241 g/mol. The minimum atomic E-state index is 0.0189. The number of likely N-dealkylation sites (N-methyl/N-ethyl adjacent to an activating group) is 1. The van der Waals surface area contributed by atoms with Gasteiger partial charge in [-0.25, -0.2) is 0 Å². The molecule has 1 amide bonds. The molecule has 4 heteroatoms. The lowest BCUT2D eigenvalue weighted by Crippen LogP contribution is -2.41. The van der Waals surface area contributed by atoms with Crippen LogP contribution < -0.4 is 5.73 Å². The fourth-order valence-electron chi connectivity index (χ4n) is 2.68. The highest BCUT2D eigenvalue weighted by molar-refractivity contribution is 5.79. The van der Waals surface area contributed by atoms with Crippen molar-refractivity contribution in [1.29, 1.82) is 0 Å². The molecule has 0 saturated carbocycles. The van der Waals surface area contributed by atoms with Gasteiger partial charge in [-0.05, 0) is 25.9 Å². The molecule has 1 aliphatic rings. The van der Waals surface area contributed by atoms with Crippen LogP contribution in [0.1, 0.15) is 33.6 Å². The summed E-state index contributed by atoms with van der Waals surface area (Å²) in [5.74, 6) is 0.273. The second-order valence-corrected chi connectivity index (χ2v) is 4.79. The van der Waals surface area contributed by atoms with E-state index in [0.717, 1.165) is 39.0 Å². The molecule has 0 bridgehead atoms. The molecular formula is C13H27N3O. The fourth-order valence-corrected chi connectivity index (χ4v) is 2.68. The molecule has 1 rings (SSSR count). The molecule has 0 spiro atoms. The van der Waals surface area contributed by atoms with Gasteiger partial charge in [-0.3, -0.25) is 9.69 Å². The molecule has 0 aliphatic carbocycles. The SMILES string of the molecule is CCC(CN)C(=O)N1CCC(N(CC)CC)C1. The molecule has 2 N–H and O–H groups in total. The maximum Gasteiger partial charge on any atom is 0.226 e. The lowest BCUT2D eigenvalue weighted by Gasteiger charge is -2.27. The van der Waals surface area contributed by atoms with Crippen molar-refractivity contribution in [2.24, 2.45) is 11.7 Å². The number of carbonyl (C=O) groups excluding carboxylic acids is 1. The van der Waals surface area contributed by atoms with E-state index in [1.165, 1.54) is 0 Å². The molecule has 0 radical (unpaired) electrons. The van der Waals surface area contributed by atoms with Gasteiger partial charge in [-0.2, -0.15) is 0 Å². The van der Waals surface area contributed by atoms with Crippen LogP contribution in [-0.4, -0.2) is 54.5 Å². The topological polar surface area (TPSA) is 49.6 Å². The molecule has 100 valence electrons. The van der Waals surface area contributed by atoms with Crippen molar-refractivity contribution in [1.82, 2.24) is 9.80 Å². The molecule has 0 aromatic carbocycles. The zero-order valence-corrected chi connectivity index (χ0v) is 11.5. The Kier molecular flexibility index (Phi) is 5.92. The lowest BCUT2D eigenvalue weighted by atomic mass is 10.1. The maximum absolute atomic E-state index is 12.2. The van der Waals surface area contributed by atoms with Gasteiger partial charge in [-0.1, -0.05) is 20.8 Å². The van der Waals surface area contributed by atoms with Crippen LogP contribution in [0.25, 0.3) is 0 Å². The van der Waals surface area contributed by atoms with Crippen LogP contribution in [0.3, 0.4) is 0 Å². The van der Waals surface area contributed by atoms with Gasteiger partial charge < -0.3 is 10.6 Å². The van der Waals surface area contributed by atoms with Gasteiger partial charge in [0.1, 0.15) is 0 Å². The van der Waals surface area contributed by atoms with Crippen LogP contribution in [0.4, 0.5) is 0 Å². The minimum Gasteiger partial charge on any atom is -0.341 e. The molecule has 1 fully saturated rings. The summed E-state index contributed by atoms with van der Waals surface area (Å²) in [4.78, 5) is 16.6. The summed E-state index contributed by atoms with van der Waals surface area (Å²) in [5.41, 5.74) is 5.64. The van der Waals surface area contributed by atoms with Gasteiger partial charge in [0, 0.05) is 25.7 Å². The van der Waals surface area contributed by atoms with Crippen LogP contribution >= 0.6 is 0 Å². The molecule has 0 aromatic rings. The Balaban J connectivity index is 2.52. The Morgan fingerprint density at radius 1 is 1.41 bits per heavy atom.